The van der Waals surface area contributed by atoms with Crippen LogP contribution in [0.4, 0.5) is 11.4 Å². The maximum absolute atomic E-state index is 13.0. The normalized spacial score (nSPS) is 18.2. The van der Waals surface area contributed by atoms with Gasteiger partial charge in [-0.25, -0.2) is 4.79 Å². The molecule has 0 spiro atoms. The molecule has 1 saturated heterocycles. The van der Waals surface area contributed by atoms with Crippen molar-refractivity contribution in [2.24, 2.45) is 5.41 Å². The molecule has 0 bridgehead atoms. The Morgan fingerprint density at radius 2 is 1.24 bits per heavy atom. The summed E-state index contributed by atoms with van der Waals surface area (Å²) in [6.45, 7) is 15.5. The number of fused-ring (bicyclic) bond motifs is 3. The van der Waals surface area contributed by atoms with E-state index in [0.29, 0.717) is 139 Å². The highest BCUT2D eigenvalue weighted by Gasteiger charge is 2.48. The number of anilines is 1. The van der Waals surface area contributed by atoms with Gasteiger partial charge in [0.2, 0.25) is 5.69 Å². The molecule has 2 aromatic carbocycles. The van der Waals surface area contributed by atoms with Crippen LogP contribution in [0, 0.1) is 5.41 Å². The first kappa shape index (κ1) is 74.5. The Hall–Kier alpha value is -5.57. The monoisotopic (exact) mass is 1340 g/mol. The van der Waals surface area contributed by atoms with Crippen molar-refractivity contribution in [1.82, 2.24) is 5.06 Å². The van der Waals surface area contributed by atoms with Crippen LogP contribution in [0.5, 0.6) is 5.75 Å². The van der Waals surface area contributed by atoms with E-state index in [1.165, 1.54) is 18.2 Å². The molecule has 0 saturated carbocycles. The molecule has 1 atom stereocenters. The Kier molecular flexibility index (Phi) is 28.3. The second-order valence-corrected chi connectivity index (χ2v) is 28.1. The smallest absolute Gasteiger partial charge is 0.333 e. The minimum atomic E-state index is -4.71. The lowest BCUT2D eigenvalue weighted by molar-refractivity contribution is -0.437. The van der Waals surface area contributed by atoms with Gasteiger partial charge in [-0.3, -0.25) is 23.2 Å². The summed E-state index contributed by atoms with van der Waals surface area (Å²) in [6.07, 6.45) is 14.0. The van der Waals surface area contributed by atoms with Gasteiger partial charge in [-0.15, -0.1) is 5.06 Å². The predicted molar refractivity (Wildman–Crippen MR) is 339 cm³/mol. The number of benzene rings is 2. The first-order valence-electron chi connectivity index (χ1n) is 30.4. The molecule has 4 heterocycles. The molecular formula is C63H90N3O22S3+. The third kappa shape index (κ3) is 22.3. The van der Waals surface area contributed by atoms with Crippen LogP contribution in [0.15, 0.2) is 83.5 Å². The molecule has 2 amide bonds. The number of imide groups is 1. The van der Waals surface area contributed by atoms with Crippen molar-refractivity contribution >= 4 is 76.4 Å². The fourth-order valence-corrected chi connectivity index (χ4v) is 12.6. The van der Waals surface area contributed by atoms with Gasteiger partial charge in [0, 0.05) is 106 Å². The molecule has 506 valence electrons. The van der Waals surface area contributed by atoms with Crippen LogP contribution in [-0.4, -0.2) is 209 Å². The molecule has 0 radical (unpaired) electrons. The highest BCUT2D eigenvalue weighted by molar-refractivity contribution is 7.86. The summed E-state index contributed by atoms with van der Waals surface area (Å²) in [7, 11) is -10.2. The second kappa shape index (κ2) is 34.5. The number of amides is 2. The van der Waals surface area contributed by atoms with Crippen LogP contribution < -0.4 is 9.64 Å². The Labute approximate surface area is 535 Å². The van der Waals surface area contributed by atoms with Crippen molar-refractivity contribution in [2.45, 2.75) is 108 Å². The number of hydrogen-bond acceptors (Lipinski definition) is 20. The first-order chi connectivity index (χ1) is 43.1. The number of nitrogens with zero attached hydrogens (tertiary/aromatic N) is 3. The Morgan fingerprint density at radius 3 is 1.78 bits per heavy atom. The van der Waals surface area contributed by atoms with Gasteiger partial charge < -0.3 is 52.4 Å². The van der Waals surface area contributed by atoms with E-state index < -0.39 is 80.9 Å². The third-order valence-electron chi connectivity index (χ3n) is 15.7. The average Bonchev–Trinajstić information content (AvgIpc) is 1.73. The zero-order chi connectivity index (χ0) is 66.5. The van der Waals surface area contributed by atoms with Crippen LogP contribution in [0.2, 0.25) is 0 Å². The Morgan fingerprint density at radius 1 is 0.692 bits per heavy atom. The van der Waals surface area contributed by atoms with Gasteiger partial charge in [0.05, 0.1) is 107 Å². The van der Waals surface area contributed by atoms with E-state index in [4.69, 9.17) is 47.5 Å². The number of rotatable bonds is 41. The van der Waals surface area contributed by atoms with Gasteiger partial charge in [-0.05, 0) is 81.4 Å². The Balaban J connectivity index is 1.34. The van der Waals surface area contributed by atoms with Gasteiger partial charge in [0.25, 0.3) is 42.2 Å². The molecule has 91 heavy (non-hydrogen) atoms. The summed E-state index contributed by atoms with van der Waals surface area (Å²) >= 11 is 0. The number of ether oxygens (including phenoxy) is 9. The number of allylic oxidation sites excluding steroid dienone is 9. The molecule has 0 aliphatic carbocycles. The molecule has 1 unspecified atom stereocenters. The second-order valence-electron chi connectivity index (χ2n) is 23.5. The zero-order valence-corrected chi connectivity index (χ0v) is 55.6. The molecule has 4 aliphatic heterocycles. The predicted octanol–water partition coefficient (Wildman–Crippen LogP) is 7.28. The van der Waals surface area contributed by atoms with Crippen molar-refractivity contribution in [2.75, 3.05) is 136 Å². The molecule has 0 aromatic heterocycles. The molecule has 2 aromatic rings. The fourth-order valence-electron chi connectivity index (χ4n) is 11.1. The maximum Gasteiger partial charge on any atom is 0.333 e. The van der Waals surface area contributed by atoms with E-state index in [0.717, 1.165) is 28.0 Å². The fraction of sp³-hybridized carbons (Fsp3) is 0.587. The van der Waals surface area contributed by atoms with Gasteiger partial charge >= 0.3 is 5.97 Å². The summed E-state index contributed by atoms with van der Waals surface area (Å²) in [5, 5.41) is 0.459. The number of hydrogen-bond donors (Lipinski definition) is 3. The molecule has 4 aliphatic rings. The topological polar surface area (TPSA) is 316 Å². The van der Waals surface area contributed by atoms with E-state index >= 15 is 0 Å². The molecule has 25 nitrogen and oxygen atoms in total. The van der Waals surface area contributed by atoms with Crippen LogP contribution in [0.3, 0.4) is 0 Å². The average molecular weight is 1340 g/mol. The van der Waals surface area contributed by atoms with E-state index in [2.05, 4.69) is 11.0 Å². The minimum Gasteiger partial charge on any atom is -0.460 e. The van der Waals surface area contributed by atoms with E-state index in [1.54, 1.807) is 37.0 Å². The standard InChI is InChI=1S/C63H89N3O22S3/c1-47-46-63(22-26-81-32-34-85-38-36-83-30-28-79-6,23-27-82-33-35-86-39-37-84-31-29-80-7)65(25-13-41-90(73,74)75)54-45-55-51(44-50(47)54)48(42-57(87-55)61(2,3)4)14-9-8-10-15-56-62(5,21-11-16-60(69)88-66-58(67)19-20-59(66)68)52-43-49(91(76,77)78)17-18-53(52)64(56)24-12-40-89(70,71)72/h8-10,14-15,17-18,42-46H,11-13,16,19-41H2,1-7H3,(H2-,70,71,72,73,74,75,76,77,78)/p+1. The summed E-state index contributed by atoms with van der Waals surface area (Å²) < 4.78 is 157. The molecule has 1 fully saturated rings. The quantitative estimate of drug-likeness (QED) is 0.0194. The largest absolute Gasteiger partial charge is 0.460 e. The van der Waals surface area contributed by atoms with Crippen molar-refractivity contribution in [3.8, 4) is 5.75 Å². The summed E-state index contributed by atoms with van der Waals surface area (Å²) in [6, 6.07) is 8.06. The van der Waals surface area contributed by atoms with Crippen LogP contribution >= 0.6 is 0 Å². The zero-order valence-electron chi connectivity index (χ0n) is 53.2. The summed E-state index contributed by atoms with van der Waals surface area (Å²) in [4.78, 5) is 44.3. The summed E-state index contributed by atoms with van der Waals surface area (Å²) in [5.41, 5.74) is 3.20. The van der Waals surface area contributed by atoms with Gasteiger partial charge in [-0.1, -0.05) is 51.2 Å². The minimum absolute atomic E-state index is 0.0425. The number of carbonyl (C=O) groups excluding carboxylic acids is 3. The molecule has 3 N–H and O–H groups in total. The number of carbonyl (C=O) groups is 3. The highest BCUT2D eigenvalue weighted by atomic mass is 32.2. The first-order valence-corrected chi connectivity index (χ1v) is 35.1. The lowest BCUT2D eigenvalue weighted by Crippen LogP contribution is -2.52. The van der Waals surface area contributed by atoms with Crippen molar-refractivity contribution in [3.05, 3.63) is 95.3 Å². The van der Waals surface area contributed by atoms with Gasteiger partial charge in [0.15, 0.2) is 5.71 Å². The molecule has 6 rings (SSSR count). The van der Waals surface area contributed by atoms with Gasteiger partial charge in [0.1, 0.15) is 18.1 Å². The van der Waals surface area contributed by atoms with E-state index in [9.17, 15) is 53.3 Å². The lowest BCUT2D eigenvalue weighted by atomic mass is 9.75. The van der Waals surface area contributed by atoms with Crippen LogP contribution in [0.25, 0.3) is 11.1 Å². The van der Waals surface area contributed by atoms with E-state index in [-0.39, 0.29) is 58.0 Å². The molecular weight excluding hydrogens is 1250 g/mol. The van der Waals surface area contributed by atoms with Crippen LogP contribution in [0.1, 0.15) is 109 Å². The van der Waals surface area contributed by atoms with Crippen LogP contribution in [-0.2, 0) is 92.9 Å². The van der Waals surface area contributed by atoms with Crippen molar-refractivity contribution < 1.29 is 105 Å². The third-order valence-corrected chi connectivity index (χ3v) is 18.1. The summed E-state index contributed by atoms with van der Waals surface area (Å²) in [5.74, 6) is -1.99. The van der Waals surface area contributed by atoms with E-state index in [1.807, 2.05) is 65.0 Å². The Bertz CT molecular complexity index is 3340. The highest BCUT2D eigenvalue weighted by Crippen LogP contribution is 2.50. The number of methoxy groups -OCH3 is 2. The SMILES string of the molecule is COCCOCCOCCOCCC1(CCOCCOCCOCCOC)C=C(C)c2cc3c(cc2N1CCCS(=O)(=O)O)OC(C(C)(C)C)=C\C3=C/C=C/C=C/C1=[N+](CCCS(=O)(=O)O)c2ccc(S(=O)(=O)O)cc2C1(C)CCCC(=O)ON1C(=O)CCC1=O. The van der Waals surface area contributed by atoms with Crippen molar-refractivity contribution in [1.29, 1.82) is 0 Å². The van der Waals surface area contributed by atoms with Gasteiger partial charge in [-0.2, -0.15) is 29.8 Å². The lowest BCUT2D eigenvalue weighted by Gasteiger charge is -2.48. The molecule has 28 heteroatoms. The van der Waals surface area contributed by atoms with Crippen molar-refractivity contribution in [3.63, 3.8) is 0 Å². The maximum atomic E-state index is 13.0. The number of hydroxylamine groups is 2.